The summed E-state index contributed by atoms with van der Waals surface area (Å²) in [7, 11) is 0. The van der Waals surface area contributed by atoms with Crippen LogP contribution >= 0.6 is 0 Å². The van der Waals surface area contributed by atoms with E-state index >= 15 is 0 Å². The van der Waals surface area contributed by atoms with Crippen LogP contribution in [0.4, 0.5) is 0 Å². The number of hydrogen-bond donors (Lipinski definition) is 0. The van der Waals surface area contributed by atoms with Crippen molar-refractivity contribution in [3.8, 4) is 0 Å². The molecule has 1 fully saturated rings. The molecule has 1 heterocycles. The zero-order valence-corrected chi connectivity index (χ0v) is 5.45. The van der Waals surface area contributed by atoms with Crippen molar-refractivity contribution in [1.29, 1.82) is 0 Å². The van der Waals surface area contributed by atoms with Gasteiger partial charge in [0.15, 0.2) is 5.78 Å². The van der Waals surface area contributed by atoms with Gasteiger partial charge in [0.25, 0.3) is 0 Å². The maximum absolute atomic E-state index is 10.6. The van der Waals surface area contributed by atoms with Gasteiger partial charge in [-0.15, -0.1) is 0 Å². The Kier molecular flexibility index (Phi) is 2.34. The van der Waals surface area contributed by atoms with Gasteiger partial charge in [-0.2, -0.15) is 0 Å². The van der Waals surface area contributed by atoms with E-state index < -0.39 is 0 Å². The van der Waals surface area contributed by atoms with E-state index in [4.69, 9.17) is 4.74 Å². The highest BCUT2D eigenvalue weighted by Crippen LogP contribution is 2.09. The fourth-order valence-electron chi connectivity index (χ4n) is 0.835. The summed E-state index contributed by atoms with van der Waals surface area (Å²) in [6.07, 6.45) is 3.86. The number of allylic oxidation sites excluding steroid dienone is 1. The molecule has 0 saturated carbocycles. The van der Waals surface area contributed by atoms with Gasteiger partial charge in [-0.1, -0.05) is 6.08 Å². The number of hydrogen-bond acceptors (Lipinski definition) is 3. The maximum atomic E-state index is 10.6. The van der Waals surface area contributed by atoms with Crippen LogP contribution in [-0.4, -0.2) is 24.8 Å². The molecule has 0 aromatic rings. The van der Waals surface area contributed by atoms with Crippen LogP contribution in [-0.2, 0) is 14.3 Å². The standard InChI is InChI=1S/C7H8O3/c8-3-1-2-7-4-6(9)5-10-7/h1-3,7H,4-5H2/b2-1-. The predicted octanol–water partition coefficient (Wildman–Crippen LogP) is 0.0995. The lowest BCUT2D eigenvalue weighted by molar-refractivity contribution is -0.117. The topological polar surface area (TPSA) is 43.4 Å². The fourth-order valence-corrected chi connectivity index (χ4v) is 0.835. The molecule has 3 heteroatoms. The molecular weight excluding hydrogens is 132 g/mol. The van der Waals surface area contributed by atoms with Crippen LogP contribution in [0, 0.1) is 0 Å². The van der Waals surface area contributed by atoms with Crippen LogP contribution in [0.2, 0.25) is 0 Å². The Morgan fingerprint density at radius 3 is 2.90 bits per heavy atom. The summed E-state index contributed by atoms with van der Waals surface area (Å²) in [5.74, 6) is 0.0977. The molecule has 1 aliphatic rings. The monoisotopic (exact) mass is 140 g/mol. The van der Waals surface area contributed by atoms with Crippen molar-refractivity contribution in [3.63, 3.8) is 0 Å². The Morgan fingerprint density at radius 1 is 1.60 bits per heavy atom. The minimum atomic E-state index is -0.169. The molecule has 1 aliphatic heterocycles. The minimum Gasteiger partial charge on any atom is -0.366 e. The van der Waals surface area contributed by atoms with Gasteiger partial charge in [-0.3, -0.25) is 9.59 Å². The first kappa shape index (κ1) is 7.15. The van der Waals surface area contributed by atoms with Crippen molar-refractivity contribution in [2.24, 2.45) is 0 Å². The molecule has 3 nitrogen and oxygen atoms in total. The van der Waals surface area contributed by atoms with Gasteiger partial charge >= 0.3 is 0 Å². The average Bonchev–Trinajstić information content (AvgIpc) is 2.31. The summed E-state index contributed by atoms with van der Waals surface area (Å²) >= 11 is 0. The van der Waals surface area contributed by atoms with Crippen LogP contribution in [0.1, 0.15) is 6.42 Å². The second-order valence-electron chi connectivity index (χ2n) is 2.11. The van der Waals surface area contributed by atoms with Crippen molar-refractivity contribution < 1.29 is 14.3 Å². The first-order valence-electron chi connectivity index (χ1n) is 3.08. The number of carbonyl (C=O) groups is 2. The van der Waals surface area contributed by atoms with Gasteiger partial charge in [-0.25, -0.2) is 0 Å². The van der Waals surface area contributed by atoms with Crippen molar-refractivity contribution in [2.75, 3.05) is 6.61 Å². The van der Waals surface area contributed by atoms with E-state index in [0.717, 1.165) is 0 Å². The highest BCUT2D eigenvalue weighted by atomic mass is 16.5. The average molecular weight is 140 g/mol. The summed E-state index contributed by atoms with van der Waals surface area (Å²) in [5.41, 5.74) is 0. The molecule has 0 radical (unpaired) electrons. The van der Waals surface area contributed by atoms with Gasteiger partial charge in [0, 0.05) is 6.42 Å². The summed E-state index contributed by atoms with van der Waals surface area (Å²) in [5, 5.41) is 0. The van der Waals surface area contributed by atoms with E-state index in [1.165, 1.54) is 6.08 Å². The molecule has 0 aromatic heterocycles. The molecule has 0 aliphatic carbocycles. The zero-order valence-electron chi connectivity index (χ0n) is 5.45. The second-order valence-corrected chi connectivity index (χ2v) is 2.11. The Labute approximate surface area is 58.7 Å². The third-order valence-corrected chi connectivity index (χ3v) is 1.29. The van der Waals surface area contributed by atoms with Crippen molar-refractivity contribution >= 4 is 12.1 Å². The molecule has 1 rings (SSSR count). The highest BCUT2D eigenvalue weighted by Gasteiger charge is 2.19. The number of aldehydes is 1. The summed E-state index contributed by atoms with van der Waals surface area (Å²) in [4.78, 5) is 20.4. The first-order chi connectivity index (χ1) is 4.83. The van der Waals surface area contributed by atoms with Crippen LogP contribution in [0.3, 0.4) is 0 Å². The number of carbonyl (C=O) groups excluding carboxylic acids is 2. The number of rotatable bonds is 2. The van der Waals surface area contributed by atoms with Gasteiger partial charge in [0.05, 0.1) is 6.10 Å². The first-order valence-corrected chi connectivity index (χ1v) is 3.08. The van der Waals surface area contributed by atoms with Crippen LogP contribution in [0.15, 0.2) is 12.2 Å². The molecule has 0 spiro atoms. The minimum absolute atomic E-state index is 0.0977. The van der Waals surface area contributed by atoms with Gasteiger partial charge < -0.3 is 4.74 Å². The largest absolute Gasteiger partial charge is 0.366 e. The Hall–Kier alpha value is -0.960. The molecule has 54 valence electrons. The Bertz CT molecular complexity index is 172. The summed E-state index contributed by atoms with van der Waals surface area (Å²) < 4.78 is 4.97. The van der Waals surface area contributed by atoms with Crippen LogP contribution < -0.4 is 0 Å². The Morgan fingerprint density at radius 2 is 2.40 bits per heavy atom. The highest BCUT2D eigenvalue weighted by molar-refractivity contribution is 5.82. The van der Waals surface area contributed by atoms with Crippen LogP contribution in [0.5, 0.6) is 0 Å². The second kappa shape index (κ2) is 3.27. The quantitative estimate of drug-likeness (QED) is 0.403. The Balaban J connectivity index is 2.37. The van der Waals surface area contributed by atoms with E-state index in [9.17, 15) is 9.59 Å². The predicted molar refractivity (Wildman–Crippen MR) is 34.6 cm³/mol. The fraction of sp³-hybridized carbons (Fsp3) is 0.429. The molecule has 10 heavy (non-hydrogen) atoms. The van der Waals surface area contributed by atoms with E-state index in [0.29, 0.717) is 12.7 Å². The summed E-state index contributed by atoms with van der Waals surface area (Å²) in [6.45, 7) is 0.188. The van der Waals surface area contributed by atoms with Crippen molar-refractivity contribution in [3.05, 3.63) is 12.2 Å². The molecule has 1 atom stereocenters. The molecule has 0 bridgehead atoms. The van der Waals surface area contributed by atoms with Crippen molar-refractivity contribution in [2.45, 2.75) is 12.5 Å². The molecular formula is C7H8O3. The zero-order chi connectivity index (χ0) is 7.40. The lowest BCUT2D eigenvalue weighted by atomic mass is 10.2. The SMILES string of the molecule is O=C/C=C\C1CC(=O)CO1. The van der Waals surface area contributed by atoms with Crippen LogP contribution in [0.25, 0.3) is 0 Å². The van der Waals surface area contributed by atoms with E-state index in [-0.39, 0.29) is 18.5 Å². The normalized spacial score (nSPS) is 26.0. The lowest BCUT2D eigenvalue weighted by Crippen LogP contribution is -1.99. The maximum Gasteiger partial charge on any atom is 0.161 e. The molecule has 0 aromatic carbocycles. The third kappa shape index (κ3) is 1.77. The van der Waals surface area contributed by atoms with Gasteiger partial charge in [0.2, 0.25) is 0 Å². The third-order valence-electron chi connectivity index (χ3n) is 1.29. The number of Topliss-reactive ketones (excluding diaryl/α,β-unsaturated/α-hetero) is 1. The smallest absolute Gasteiger partial charge is 0.161 e. The lowest BCUT2D eigenvalue weighted by Gasteiger charge is -1.96. The molecule has 1 saturated heterocycles. The van der Waals surface area contributed by atoms with Crippen molar-refractivity contribution in [1.82, 2.24) is 0 Å². The molecule has 1 unspecified atom stereocenters. The summed E-state index contributed by atoms with van der Waals surface area (Å²) in [6, 6.07) is 0. The van der Waals surface area contributed by atoms with E-state index in [1.54, 1.807) is 6.08 Å². The van der Waals surface area contributed by atoms with E-state index in [1.807, 2.05) is 0 Å². The molecule has 0 amide bonds. The van der Waals surface area contributed by atoms with Gasteiger partial charge in [-0.05, 0) is 6.08 Å². The van der Waals surface area contributed by atoms with E-state index in [2.05, 4.69) is 0 Å². The number of ether oxygens (including phenoxy) is 1. The van der Waals surface area contributed by atoms with Gasteiger partial charge in [0.1, 0.15) is 12.9 Å². The molecule has 0 N–H and O–H groups in total. The number of ketones is 1.